The monoisotopic (exact) mass is 205 g/mol. The Kier molecular flexibility index (Phi) is 3.89. The molecule has 0 aromatic heterocycles. The lowest BCUT2D eigenvalue weighted by atomic mass is 10.0. The summed E-state index contributed by atoms with van der Waals surface area (Å²) in [6.45, 7) is 8.06. The molecule has 82 valence electrons. The first-order chi connectivity index (χ1) is 7.04. The molecule has 1 atom stereocenters. The predicted molar refractivity (Wildman–Crippen MR) is 62.8 cm³/mol. The van der Waals surface area contributed by atoms with Crippen LogP contribution in [0.15, 0.2) is 18.2 Å². The minimum atomic E-state index is 0.0942. The fraction of sp³-hybridized carbons (Fsp3) is 0.462. The van der Waals surface area contributed by atoms with E-state index >= 15 is 0 Å². The van der Waals surface area contributed by atoms with Crippen LogP contribution in [-0.4, -0.2) is 5.91 Å². The Morgan fingerprint density at radius 1 is 1.33 bits per heavy atom. The van der Waals surface area contributed by atoms with Crippen molar-refractivity contribution < 1.29 is 4.79 Å². The zero-order chi connectivity index (χ0) is 11.4. The molecule has 0 aliphatic heterocycles. The Hall–Kier alpha value is -1.31. The largest absolute Gasteiger partial charge is 0.350 e. The maximum absolute atomic E-state index is 11.2. The van der Waals surface area contributed by atoms with Gasteiger partial charge in [-0.05, 0) is 37.5 Å². The quantitative estimate of drug-likeness (QED) is 0.807. The zero-order valence-corrected chi connectivity index (χ0v) is 9.92. The molecule has 0 heterocycles. The third-order valence-electron chi connectivity index (χ3n) is 2.73. The van der Waals surface area contributed by atoms with Gasteiger partial charge < -0.3 is 5.32 Å². The Bertz CT molecular complexity index is 358. The van der Waals surface area contributed by atoms with E-state index < -0.39 is 0 Å². The van der Waals surface area contributed by atoms with Crippen LogP contribution in [0.5, 0.6) is 0 Å². The highest BCUT2D eigenvalue weighted by molar-refractivity contribution is 5.76. The summed E-state index contributed by atoms with van der Waals surface area (Å²) in [6, 6.07) is 6.40. The Labute approximate surface area is 91.7 Å². The minimum Gasteiger partial charge on any atom is -0.350 e. The van der Waals surface area contributed by atoms with Crippen LogP contribution in [0.3, 0.4) is 0 Å². The van der Waals surface area contributed by atoms with Crippen LogP contribution in [0, 0.1) is 13.8 Å². The van der Waals surface area contributed by atoms with Crippen LogP contribution >= 0.6 is 0 Å². The van der Waals surface area contributed by atoms with Crippen molar-refractivity contribution in [1.82, 2.24) is 5.32 Å². The number of carbonyl (C=O) groups is 1. The van der Waals surface area contributed by atoms with Gasteiger partial charge in [0, 0.05) is 6.42 Å². The number of benzene rings is 1. The summed E-state index contributed by atoms with van der Waals surface area (Å²) in [5, 5.41) is 2.95. The summed E-state index contributed by atoms with van der Waals surface area (Å²) in [6.07, 6.45) is 0.537. The van der Waals surface area contributed by atoms with Gasteiger partial charge in [-0.2, -0.15) is 0 Å². The lowest BCUT2D eigenvalue weighted by molar-refractivity contribution is -0.121. The maximum Gasteiger partial charge on any atom is 0.220 e. The molecule has 2 heteroatoms. The van der Waals surface area contributed by atoms with E-state index in [-0.39, 0.29) is 11.9 Å². The average molecular weight is 205 g/mol. The molecule has 2 nitrogen and oxygen atoms in total. The molecule has 1 aromatic carbocycles. The molecule has 1 unspecified atom stereocenters. The summed E-state index contributed by atoms with van der Waals surface area (Å²) >= 11 is 0. The highest BCUT2D eigenvalue weighted by Crippen LogP contribution is 2.16. The van der Waals surface area contributed by atoms with Crippen molar-refractivity contribution in [2.24, 2.45) is 0 Å². The van der Waals surface area contributed by atoms with Crippen molar-refractivity contribution >= 4 is 5.91 Å². The zero-order valence-electron chi connectivity index (χ0n) is 9.92. The summed E-state index contributed by atoms with van der Waals surface area (Å²) in [7, 11) is 0. The van der Waals surface area contributed by atoms with E-state index in [9.17, 15) is 4.79 Å². The molecule has 0 bridgehead atoms. The topological polar surface area (TPSA) is 29.1 Å². The lowest BCUT2D eigenvalue weighted by Crippen LogP contribution is -2.25. The fourth-order valence-corrected chi connectivity index (χ4v) is 1.46. The van der Waals surface area contributed by atoms with Crippen LogP contribution in [-0.2, 0) is 4.79 Å². The molecule has 0 spiro atoms. The van der Waals surface area contributed by atoms with Crippen molar-refractivity contribution in [3.63, 3.8) is 0 Å². The van der Waals surface area contributed by atoms with E-state index in [1.165, 1.54) is 16.7 Å². The number of hydrogen-bond acceptors (Lipinski definition) is 1. The van der Waals surface area contributed by atoms with Gasteiger partial charge in [0.1, 0.15) is 0 Å². The molecule has 15 heavy (non-hydrogen) atoms. The van der Waals surface area contributed by atoms with Gasteiger partial charge in [0.2, 0.25) is 5.91 Å². The first kappa shape index (κ1) is 11.8. The number of carbonyl (C=O) groups excluding carboxylic acids is 1. The van der Waals surface area contributed by atoms with Crippen LogP contribution in [0.25, 0.3) is 0 Å². The van der Waals surface area contributed by atoms with Gasteiger partial charge >= 0.3 is 0 Å². The van der Waals surface area contributed by atoms with Gasteiger partial charge in [0.05, 0.1) is 6.04 Å². The smallest absolute Gasteiger partial charge is 0.220 e. The van der Waals surface area contributed by atoms with Gasteiger partial charge in [0.25, 0.3) is 0 Å². The second-order valence-electron chi connectivity index (χ2n) is 3.99. The van der Waals surface area contributed by atoms with Crippen molar-refractivity contribution in [2.45, 2.75) is 40.2 Å². The standard InChI is InChI=1S/C13H19NO/c1-5-13(15)14-11(4)12-7-6-9(2)10(3)8-12/h6-8,11H,5H2,1-4H3,(H,14,15). The summed E-state index contributed by atoms with van der Waals surface area (Å²) in [4.78, 5) is 11.2. The molecule has 1 N–H and O–H groups in total. The normalized spacial score (nSPS) is 12.3. The average Bonchev–Trinajstić information content (AvgIpc) is 2.21. The van der Waals surface area contributed by atoms with Crippen LogP contribution in [0.4, 0.5) is 0 Å². The molecule has 0 saturated carbocycles. The van der Waals surface area contributed by atoms with E-state index in [4.69, 9.17) is 0 Å². The molecule has 0 aliphatic rings. The Morgan fingerprint density at radius 3 is 2.53 bits per heavy atom. The molecule has 1 rings (SSSR count). The molecule has 0 aliphatic carbocycles. The van der Waals surface area contributed by atoms with Crippen LogP contribution in [0.1, 0.15) is 43.0 Å². The predicted octanol–water partition coefficient (Wildman–Crippen LogP) is 2.89. The number of nitrogens with one attached hydrogen (secondary N) is 1. The van der Waals surface area contributed by atoms with Crippen molar-refractivity contribution in [2.75, 3.05) is 0 Å². The van der Waals surface area contributed by atoms with Gasteiger partial charge in [-0.1, -0.05) is 25.1 Å². The van der Waals surface area contributed by atoms with Gasteiger partial charge in [-0.3, -0.25) is 4.79 Å². The van der Waals surface area contributed by atoms with E-state index in [1.54, 1.807) is 0 Å². The van der Waals surface area contributed by atoms with E-state index in [1.807, 2.05) is 13.8 Å². The van der Waals surface area contributed by atoms with Crippen LogP contribution < -0.4 is 5.32 Å². The van der Waals surface area contributed by atoms with Crippen molar-refractivity contribution in [3.05, 3.63) is 34.9 Å². The lowest BCUT2D eigenvalue weighted by Gasteiger charge is -2.15. The highest BCUT2D eigenvalue weighted by Gasteiger charge is 2.08. The number of aryl methyl sites for hydroxylation is 2. The van der Waals surface area contributed by atoms with Crippen LogP contribution in [0.2, 0.25) is 0 Å². The van der Waals surface area contributed by atoms with E-state index in [0.717, 1.165) is 0 Å². The number of hydrogen-bond donors (Lipinski definition) is 1. The molecule has 0 fully saturated rings. The number of rotatable bonds is 3. The van der Waals surface area contributed by atoms with Crippen molar-refractivity contribution in [3.8, 4) is 0 Å². The first-order valence-corrected chi connectivity index (χ1v) is 5.41. The van der Waals surface area contributed by atoms with E-state index in [2.05, 4.69) is 37.4 Å². The third kappa shape index (κ3) is 3.08. The summed E-state index contributed by atoms with van der Waals surface area (Å²) in [5.74, 6) is 0.0979. The molecule has 1 amide bonds. The summed E-state index contributed by atoms with van der Waals surface area (Å²) < 4.78 is 0. The highest BCUT2D eigenvalue weighted by atomic mass is 16.1. The molecule has 0 saturated heterocycles. The van der Waals surface area contributed by atoms with Gasteiger partial charge in [-0.15, -0.1) is 0 Å². The second kappa shape index (κ2) is 4.96. The van der Waals surface area contributed by atoms with Gasteiger partial charge in [-0.25, -0.2) is 0 Å². The third-order valence-corrected chi connectivity index (χ3v) is 2.73. The number of amides is 1. The Balaban J connectivity index is 2.78. The molecule has 1 aromatic rings. The maximum atomic E-state index is 11.2. The molecular formula is C13H19NO. The summed E-state index contributed by atoms with van der Waals surface area (Å²) in [5.41, 5.74) is 3.72. The minimum absolute atomic E-state index is 0.0942. The Morgan fingerprint density at radius 2 is 2.00 bits per heavy atom. The SMILES string of the molecule is CCC(=O)NC(C)c1ccc(C)c(C)c1. The van der Waals surface area contributed by atoms with E-state index in [0.29, 0.717) is 6.42 Å². The molecular weight excluding hydrogens is 186 g/mol. The first-order valence-electron chi connectivity index (χ1n) is 5.41. The molecule has 0 radical (unpaired) electrons. The second-order valence-corrected chi connectivity index (χ2v) is 3.99. The van der Waals surface area contributed by atoms with Gasteiger partial charge in [0.15, 0.2) is 0 Å². The fourth-order valence-electron chi connectivity index (χ4n) is 1.46. The van der Waals surface area contributed by atoms with Crippen molar-refractivity contribution in [1.29, 1.82) is 0 Å².